The average molecular weight is 269 g/mol. The van der Waals surface area contributed by atoms with Crippen LogP contribution < -0.4 is 11.1 Å². The van der Waals surface area contributed by atoms with Crippen LogP contribution in [0.3, 0.4) is 0 Å². The Balaban J connectivity index is 2.33. The molecule has 0 bridgehead atoms. The van der Waals surface area contributed by atoms with Crippen LogP contribution in [-0.4, -0.2) is 5.91 Å². The molecule has 0 aliphatic rings. The number of anilines is 2. The fourth-order valence-corrected chi connectivity index (χ4v) is 1.85. The molecule has 0 aliphatic heterocycles. The largest absolute Gasteiger partial charge is 0.398 e. The van der Waals surface area contributed by atoms with Gasteiger partial charge in [0.25, 0.3) is 5.91 Å². The third-order valence-electron chi connectivity index (χ3n) is 2.89. The predicted molar refractivity (Wildman–Crippen MR) is 74.7 cm³/mol. The van der Waals surface area contributed by atoms with Gasteiger partial charge in [-0.3, -0.25) is 4.79 Å². The Morgan fingerprint density at radius 2 is 2.10 bits per heavy atom. The fraction of sp³-hybridized carbons (Fsp3) is 0.0667. The minimum Gasteiger partial charge on any atom is -0.398 e. The lowest BCUT2D eigenvalue weighted by Gasteiger charge is -2.10. The molecule has 0 radical (unpaired) electrons. The average Bonchev–Trinajstić information content (AvgIpc) is 2.38. The van der Waals surface area contributed by atoms with E-state index in [2.05, 4.69) is 5.32 Å². The number of aryl methyl sites for hydroxylation is 1. The molecule has 0 unspecified atom stereocenters. The second kappa shape index (κ2) is 5.41. The number of nitriles is 1. The number of halogens is 1. The lowest BCUT2D eigenvalue weighted by atomic mass is 10.1. The van der Waals surface area contributed by atoms with Crippen molar-refractivity contribution in [2.75, 3.05) is 11.1 Å². The Bertz CT molecular complexity index is 720. The van der Waals surface area contributed by atoms with Crippen LogP contribution in [0.25, 0.3) is 0 Å². The number of nitrogen functional groups attached to an aromatic ring is 1. The number of hydrogen-bond donors (Lipinski definition) is 2. The quantitative estimate of drug-likeness (QED) is 0.823. The number of nitrogens with zero attached hydrogens (tertiary/aromatic N) is 1. The summed E-state index contributed by atoms with van der Waals surface area (Å²) in [5, 5.41) is 11.7. The van der Waals surface area contributed by atoms with Gasteiger partial charge in [-0.25, -0.2) is 4.39 Å². The highest BCUT2D eigenvalue weighted by Gasteiger charge is 2.13. The minimum atomic E-state index is -0.507. The first-order valence-electron chi connectivity index (χ1n) is 5.89. The molecule has 2 aromatic rings. The monoisotopic (exact) mass is 269 g/mol. The van der Waals surface area contributed by atoms with Crippen LogP contribution in [0.2, 0.25) is 0 Å². The summed E-state index contributed by atoms with van der Waals surface area (Å²) in [4.78, 5) is 12.1. The van der Waals surface area contributed by atoms with E-state index in [0.29, 0.717) is 11.3 Å². The number of carbonyl (C=O) groups excluding carboxylic acids is 1. The number of carbonyl (C=O) groups is 1. The smallest absolute Gasteiger partial charge is 0.257 e. The molecule has 0 saturated carbocycles. The van der Waals surface area contributed by atoms with Gasteiger partial charge in [-0.1, -0.05) is 12.1 Å². The molecule has 0 saturated heterocycles. The number of rotatable bonds is 2. The maximum absolute atomic E-state index is 13.0. The molecule has 3 N–H and O–H groups in total. The van der Waals surface area contributed by atoms with E-state index in [4.69, 9.17) is 11.0 Å². The Morgan fingerprint density at radius 1 is 1.35 bits per heavy atom. The number of amides is 1. The molecule has 0 heterocycles. The summed E-state index contributed by atoms with van der Waals surface area (Å²) in [6.07, 6.45) is 0. The van der Waals surface area contributed by atoms with Crippen molar-refractivity contribution < 1.29 is 9.18 Å². The molecule has 100 valence electrons. The van der Waals surface area contributed by atoms with Gasteiger partial charge in [0, 0.05) is 5.69 Å². The number of nitrogens with one attached hydrogen (secondary N) is 1. The molecule has 2 aromatic carbocycles. The van der Waals surface area contributed by atoms with E-state index < -0.39 is 11.7 Å². The van der Waals surface area contributed by atoms with Gasteiger partial charge in [0.2, 0.25) is 0 Å². The third kappa shape index (κ3) is 2.59. The molecular weight excluding hydrogens is 257 g/mol. The van der Waals surface area contributed by atoms with Crippen LogP contribution in [0.4, 0.5) is 15.8 Å². The topological polar surface area (TPSA) is 78.9 Å². The highest BCUT2D eigenvalue weighted by Crippen LogP contribution is 2.21. The normalized spacial score (nSPS) is 9.85. The zero-order valence-electron chi connectivity index (χ0n) is 10.8. The summed E-state index contributed by atoms with van der Waals surface area (Å²) >= 11 is 0. The number of hydrogen-bond acceptors (Lipinski definition) is 3. The van der Waals surface area contributed by atoms with Gasteiger partial charge >= 0.3 is 0 Å². The van der Waals surface area contributed by atoms with Crippen molar-refractivity contribution >= 4 is 17.3 Å². The van der Waals surface area contributed by atoms with Gasteiger partial charge in [-0.05, 0) is 36.8 Å². The highest BCUT2D eigenvalue weighted by atomic mass is 19.1. The van der Waals surface area contributed by atoms with E-state index in [9.17, 15) is 9.18 Å². The van der Waals surface area contributed by atoms with Crippen LogP contribution in [0, 0.1) is 24.1 Å². The summed E-state index contributed by atoms with van der Waals surface area (Å²) in [6, 6.07) is 10.7. The molecule has 1 amide bonds. The molecule has 20 heavy (non-hydrogen) atoms. The van der Waals surface area contributed by atoms with Gasteiger partial charge in [-0.2, -0.15) is 5.26 Å². The van der Waals surface area contributed by atoms with Crippen molar-refractivity contribution in [1.82, 2.24) is 0 Å². The second-order valence-corrected chi connectivity index (χ2v) is 4.29. The highest BCUT2D eigenvalue weighted by molar-refractivity contribution is 6.08. The molecule has 5 heteroatoms. The molecule has 2 rings (SSSR count). The molecule has 0 aliphatic carbocycles. The Kier molecular flexibility index (Phi) is 3.67. The third-order valence-corrected chi connectivity index (χ3v) is 2.89. The fourth-order valence-electron chi connectivity index (χ4n) is 1.85. The molecule has 0 fully saturated rings. The van der Waals surface area contributed by atoms with Crippen LogP contribution in [0.15, 0.2) is 36.4 Å². The first kappa shape index (κ1) is 13.6. The zero-order valence-corrected chi connectivity index (χ0v) is 10.8. The van der Waals surface area contributed by atoms with Crippen LogP contribution >= 0.6 is 0 Å². The van der Waals surface area contributed by atoms with Gasteiger partial charge in [0.05, 0.1) is 16.8 Å². The predicted octanol–water partition coefficient (Wildman–Crippen LogP) is 2.84. The molecule has 0 spiro atoms. The van der Waals surface area contributed by atoms with E-state index >= 15 is 0 Å². The number of nitrogens with two attached hydrogens (primary N) is 1. The molecule has 4 nitrogen and oxygen atoms in total. The zero-order chi connectivity index (χ0) is 14.7. The van der Waals surface area contributed by atoms with Crippen molar-refractivity contribution in [2.24, 2.45) is 0 Å². The first-order chi connectivity index (χ1) is 9.52. The van der Waals surface area contributed by atoms with E-state index in [-0.39, 0.29) is 11.3 Å². The van der Waals surface area contributed by atoms with Gasteiger partial charge in [0.1, 0.15) is 11.9 Å². The second-order valence-electron chi connectivity index (χ2n) is 4.29. The lowest BCUT2D eigenvalue weighted by Crippen LogP contribution is -2.15. The molecule has 0 atom stereocenters. The van der Waals surface area contributed by atoms with Crippen molar-refractivity contribution in [1.29, 1.82) is 5.26 Å². The van der Waals surface area contributed by atoms with Crippen LogP contribution in [0.5, 0.6) is 0 Å². The molecule has 0 aromatic heterocycles. The SMILES string of the molecule is Cc1cccc(NC(=O)c2ccc(F)cc2N)c1C#N. The lowest BCUT2D eigenvalue weighted by molar-refractivity contribution is 0.102. The Labute approximate surface area is 115 Å². The van der Waals surface area contributed by atoms with E-state index in [1.807, 2.05) is 6.07 Å². The van der Waals surface area contributed by atoms with E-state index in [0.717, 1.165) is 17.7 Å². The van der Waals surface area contributed by atoms with Crippen molar-refractivity contribution in [2.45, 2.75) is 6.92 Å². The summed E-state index contributed by atoms with van der Waals surface area (Å²) in [7, 11) is 0. The molecular formula is C15H12FN3O. The maximum atomic E-state index is 13.0. The standard InChI is InChI=1S/C15H12FN3O/c1-9-3-2-4-14(12(9)8-17)19-15(20)11-6-5-10(16)7-13(11)18/h2-7H,18H2,1H3,(H,19,20). The maximum Gasteiger partial charge on any atom is 0.257 e. The van der Waals surface area contributed by atoms with Crippen LogP contribution in [-0.2, 0) is 0 Å². The van der Waals surface area contributed by atoms with E-state index in [1.165, 1.54) is 6.07 Å². The van der Waals surface area contributed by atoms with Crippen molar-refractivity contribution in [3.8, 4) is 6.07 Å². The van der Waals surface area contributed by atoms with Crippen molar-refractivity contribution in [3.05, 3.63) is 58.9 Å². The number of benzene rings is 2. The summed E-state index contributed by atoms with van der Waals surface area (Å²) in [5.74, 6) is -0.989. The summed E-state index contributed by atoms with van der Waals surface area (Å²) in [5.41, 5.74) is 7.38. The first-order valence-corrected chi connectivity index (χ1v) is 5.89. The minimum absolute atomic E-state index is 0.0497. The van der Waals surface area contributed by atoms with Crippen LogP contribution in [0.1, 0.15) is 21.5 Å². The van der Waals surface area contributed by atoms with Gasteiger partial charge < -0.3 is 11.1 Å². The van der Waals surface area contributed by atoms with E-state index in [1.54, 1.807) is 25.1 Å². The van der Waals surface area contributed by atoms with Crippen molar-refractivity contribution in [3.63, 3.8) is 0 Å². The van der Waals surface area contributed by atoms with Gasteiger partial charge in [0.15, 0.2) is 0 Å². The Hall–Kier alpha value is -2.87. The summed E-state index contributed by atoms with van der Waals surface area (Å²) < 4.78 is 13.0. The summed E-state index contributed by atoms with van der Waals surface area (Å²) in [6.45, 7) is 1.78. The van der Waals surface area contributed by atoms with Gasteiger partial charge in [-0.15, -0.1) is 0 Å². The Morgan fingerprint density at radius 3 is 2.75 bits per heavy atom.